The third-order valence-electron chi connectivity index (χ3n) is 5.53. The van der Waals surface area contributed by atoms with E-state index in [0.717, 1.165) is 16.7 Å². The molecule has 1 N–H and O–H groups in total. The Morgan fingerprint density at radius 3 is 2.12 bits per heavy atom. The molecule has 0 aliphatic carbocycles. The van der Waals surface area contributed by atoms with Crippen molar-refractivity contribution in [1.29, 1.82) is 0 Å². The Hall–Kier alpha value is -2.87. The van der Waals surface area contributed by atoms with Gasteiger partial charge in [-0.05, 0) is 96.5 Å². The van der Waals surface area contributed by atoms with Gasteiger partial charge in [-0.25, -0.2) is 4.79 Å². The van der Waals surface area contributed by atoms with Gasteiger partial charge in [0.2, 0.25) is 0 Å². The van der Waals surface area contributed by atoms with Crippen molar-refractivity contribution >= 4 is 28.4 Å². The molecule has 0 heterocycles. The van der Waals surface area contributed by atoms with Gasteiger partial charge in [-0.1, -0.05) is 36.4 Å². The number of benzene rings is 3. The van der Waals surface area contributed by atoms with Gasteiger partial charge in [-0.3, -0.25) is 0 Å². The molecule has 132 valence electrons. The van der Waals surface area contributed by atoms with Gasteiger partial charge in [0.1, 0.15) is 0 Å². The number of rotatable bonds is 3. The highest BCUT2D eigenvalue weighted by atomic mass is 16.4. The summed E-state index contributed by atoms with van der Waals surface area (Å²) in [4.78, 5) is 11.4. The lowest BCUT2D eigenvalue weighted by Gasteiger charge is -2.15. The number of aryl methyl sites for hydroxylation is 2. The van der Waals surface area contributed by atoms with Crippen molar-refractivity contribution in [2.75, 3.05) is 0 Å². The van der Waals surface area contributed by atoms with E-state index in [1.807, 2.05) is 25.1 Å². The smallest absolute Gasteiger partial charge is 0.336 e. The van der Waals surface area contributed by atoms with Gasteiger partial charge in [-0.15, -0.1) is 0 Å². The fourth-order valence-corrected chi connectivity index (χ4v) is 3.53. The highest BCUT2D eigenvalue weighted by molar-refractivity contribution is 5.97. The van der Waals surface area contributed by atoms with Crippen LogP contribution in [0.15, 0.2) is 42.5 Å². The molecule has 0 aliphatic heterocycles. The van der Waals surface area contributed by atoms with Crippen LogP contribution in [0.5, 0.6) is 0 Å². The second-order valence-corrected chi connectivity index (χ2v) is 6.98. The predicted octanol–water partition coefficient (Wildman–Crippen LogP) is 6.33. The number of carboxylic acid groups (broad SMARTS) is 1. The second-order valence-electron chi connectivity index (χ2n) is 6.98. The normalized spacial score (nSPS) is 11.8. The minimum atomic E-state index is -0.902. The number of carbonyl (C=O) groups is 1. The topological polar surface area (TPSA) is 37.3 Å². The van der Waals surface area contributed by atoms with Gasteiger partial charge in [0.25, 0.3) is 0 Å². The van der Waals surface area contributed by atoms with E-state index in [4.69, 9.17) is 0 Å². The molecule has 0 amide bonds. The van der Waals surface area contributed by atoms with Gasteiger partial charge in [0.15, 0.2) is 0 Å². The van der Waals surface area contributed by atoms with Crippen molar-refractivity contribution in [2.45, 2.75) is 34.6 Å². The van der Waals surface area contributed by atoms with Crippen LogP contribution < -0.4 is 0 Å². The van der Waals surface area contributed by atoms with E-state index in [2.05, 4.69) is 45.9 Å². The summed E-state index contributed by atoms with van der Waals surface area (Å²) in [5.41, 5.74) is 8.54. The Morgan fingerprint density at radius 1 is 0.846 bits per heavy atom. The van der Waals surface area contributed by atoms with Crippen molar-refractivity contribution in [3.8, 4) is 0 Å². The highest BCUT2D eigenvalue weighted by Gasteiger charge is 2.11. The van der Waals surface area contributed by atoms with Crippen LogP contribution in [-0.2, 0) is 0 Å². The van der Waals surface area contributed by atoms with E-state index in [-0.39, 0.29) is 0 Å². The maximum absolute atomic E-state index is 11.4. The zero-order chi connectivity index (χ0) is 19.0. The molecule has 0 aliphatic rings. The first-order valence-electron chi connectivity index (χ1n) is 8.82. The molecule has 3 rings (SSSR count). The van der Waals surface area contributed by atoms with Crippen molar-refractivity contribution in [3.05, 3.63) is 81.4 Å². The average Bonchev–Trinajstić information content (AvgIpc) is 2.64. The van der Waals surface area contributed by atoms with Crippen LogP contribution in [0.1, 0.15) is 50.7 Å². The van der Waals surface area contributed by atoms with Gasteiger partial charge < -0.3 is 5.11 Å². The molecule has 0 saturated carbocycles. The molecule has 2 nitrogen and oxygen atoms in total. The van der Waals surface area contributed by atoms with Crippen LogP contribution in [0.25, 0.3) is 22.4 Å². The molecule has 3 aromatic rings. The largest absolute Gasteiger partial charge is 0.478 e. The number of hydrogen-bond acceptors (Lipinski definition) is 1. The first kappa shape index (κ1) is 17.9. The van der Waals surface area contributed by atoms with Gasteiger partial charge >= 0.3 is 5.97 Å². The Balaban J connectivity index is 2.16. The SMILES string of the molecule is C/C(=C\c1ccccc1C(=O)O)c1ccc2c(C)c(C)c(C)c(C)c2c1. The van der Waals surface area contributed by atoms with Gasteiger partial charge in [0, 0.05) is 0 Å². The van der Waals surface area contributed by atoms with Gasteiger partial charge in [-0.2, -0.15) is 0 Å². The standard InChI is InChI=1S/C24H24O2/c1-14(12-20-8-6-7-9-22(20)24(25)26)19-10-11-21-17(4)15(2)16(3)18(5)23(21)13-19/h6-13H,1-5H3,(H,25,26)/b14-12+. The van der Waals surface area contributed by atoms with Crippen LogP contribution >= 0.6 is 0 Å². The van der Waals surface area contributed by atoms with Crippen molar-refractivity contribution in [3.63, 3.8) is 0 Å². The molecule has 2 heteroatoms. The monoisotopic (exact) mass is 344 g/mol. The van der Waals surface area contributed by atoms with Crippen molar-refractivity contribution in [2.24, 2.45) is 0 Å². The molecule has 0 unspecified atom stereocenters. The molecular formula is C24H24O2. The lowest BCUT2D eigenvalue weighted by molar-refractivity contribution is 0.0696. The number of allylic oxidation sites excluding steroid dienone is 1. The summed E-state index contributed by atoms with van der Waals surface area (Å²) in [7, 11) is 0. The summed E-state index contributed by atoms with van der Waals surface area (Å²) >= 11 is 0. The Bertz CT molecular complexity index is 1060. The lowest BCUT2D eigenvalue weighted by Crippen LogP contribution is -1.99. The molecule has 0 spiro atoms. The molecular weight excluding hydrogens is 320 g/mol. The maximum Gasteiger partial charge on any atom is 0.336 e. The minimum Gasteiger partial charge on any atom is -0.478 e. The Labute approximate surface area is 154 Å². The highest BCUT2D eigenvalue weighted by Crippen LogP contribution is 2.31. The van der Waals surface area contributed by atoms with Crippen molar-refractivity contribution < 1.29 is 9.90 Å². The summed E-state index contributed by atoms with van der Waals surface area (Å²) in [6, 6.07) is 13.6. The quantitative estimate of drug-likeness (QED) is 0.563. The predicted molar refractivity (Wildman–Crippen MR) is 110 cm³/mol. The molecule has 0 radical (unpaired) electrons. The fraction of sp³-hybridized carbons (Fsp3) is 0.208. The number of aromatic carboxylic acids is 1. The zero-order valence-electron chi connectivity index (χ0n) is 16.0. The number of hydrogen-bond donors (Lipinski definition) is 1. The Morgan fingerprint density at radius 2 is 1.46 bits per heavy atom. The van der Waals surface area contributed by atoms with E-state index in [9.17, 15) is 9.90 Å². The lowest BCUT2D eigenvalue weighted by atomic mass is 9.89. The molecule has 0 fully saturated rings. The molecule has 0 aromatic heterocycles. The molecule has 0 saturated heterocycles. The van der Waals surface area contributed by atoms with E-state index < -0.39 is 5.97 Å². The molecule has 3 aromatic carbocycles. The van der Waals surface area contributed by atoms with E-state index in [1.165, 1.54) is 33.0 Å². The van der Waals surface area contributed by atoms with E-state index in [1.54, 1.807) is 12.1 Å². The van der Waals surface area contributed by atoms with E-state index in [0.29, 0.717) is 5.56 Å². The first-order chi connectivity index (χ1) is 12.3. The van der Waals surface area contributed by atoms with Crippen LogP contribution in [0.4, 0.5) is 0 Å². The van der Waals surface area contributed by atoms with Crippen LogP contribution in [0, 0.1) is 27.7 Å². The molecule has 0 bridgehead atoms. The summed E-state index contributed by atoms with van der Waals surface area (Å²) in [6.07, 6.45) is 1.95. The van der Waals surface area contributed by atoms with Crippen LogP contribution in [0.3, 0.4) is 0 Å². The van der Waals surface area contributed by atoms with Crippen molar-refractivity contribution in [1.82, 2.24) is 0 Å². The summed E-state index contributed by atoms with van der Waals surface area (Å²) in [5.74, 6) is -0.902. The fourth-order valence-electron chi connectivity index (χ4n) is 3.53. The minimum absolute atomic E-state index is 0.325. The summed E-state index contributed by atoms with van der Waals surface area (Å²) in [5, 5.41) is 11.9. The molecule has 0 atom stereocenters. The second kappa shape index (κ2) is 6.80. The maximum atomic E-state index is 11.4. The average molecular weight is 344 g/mol. The van der Waals surface area contributed by atoms with Gasteiger partial charge in [0.05, 0.1) is 5.56 Å². The number of carboxylic acids is 1. The third kappa shape index (κ3) is 3.03. The first-order valence-corrected chi connectivity index (χ1v) is 8.82. The van der Waals surface area contributed by atoms with Crippen LogP contribution in [0.2, 0.25) is 0 Å². The summed E-state index contributed by atoms with van der Waals surface area (Å²) in [6.45, 7) is 10.7. The number of fused-ring (bicyclic) bond motifs is 1. The molecule has 26 heavy (non-hydrogen) atoms. The van der Waals surface area contributed by atoms with Crippen LogP contribution in [-0.4, -0.2) is 11.1 Å². The Kier molecular flexibility index (Phi) is 4.69. The van der Waals surface area contributed by atoms with E-state index >= 15 is 0 Å². The zero-order valence-corrected chi connectivity index (χ0v) is 16.0. The summed E-state index contributed by atoms with van der Waals surface area (Å²) < 4.78 is 0. The third-order valence-corrected chi connectivity index (χ3v) is 5.53.